The average Bonchev–Trinajstić information content (AvgIpc) is 2.92. The van der Waals surface area contributed by atoms with Gasteiger partial charge in [0.15, 0.2) is 0 Å². The van der Waals surface area contributed by atoms with E-state index in [2.05, 4.69) is 29.6 Å². The maximum atomic E-state index is 12.0. The number of carbonyl (C=O) groups is 1. The zero-order valence-corrected chi connectivity index (χ0v) is 14.7. The van der Waals surface area contributed by atoms with Crippen molar-refractivity contribution in [1.29, 1.82) is 0 Å². The first-order valence-electron chi connectivity index (χ1n) is 8.83. The number of aliphatic hydroxyl groups is 1. The molecule has 0 spiro atoms. The third-order valence-corrected chi connectivity index (χ3v) is 4.57. The Balaban J connectivity index is 1.61. The molecule has 0 saturated heterocycles. The minimum Gasteiger partial charge on any atom is -0.449 e. The topological polar surface area (TPSA) is 58.6 Å². The molecule has 0 aromatic heterocycles. The van der Waals surface area contributed by atoms with Gasteiger partial charge < -0.3 is 15.2 Å². The lowest BCUT2D eigenvalue weighted by Crippen LogP contribution is -2.33. The van der Waals surface area contributed by atoms with Crippen molar-refractivity contribution < 1.29 is 14.6 Å². The predicted octanol–water partition coefficient (Wildman–Crippen LogP) is 3.93. The van der Waals surface area contributed by atoms with E-state index in [1.807, 2.05) is 38.1 Å². The molecule has 25 heavy (non-hydrogen) atoms. The number of alkyl carbamates (subject to hydrolysis) is 1. The van der Waals surface area contributed by atoms with Crippen LogP contribution in [0.1, 0.15) is 37.3 Å². The highest BCUT2D eigenvalue weighted by Gasteiger charge is 2.28. The molecule has 4 nitrogen and oxygen atoms in total. The molecule has 1 aliphatic carbocycles. The molecule has 4 heteroatoms. The lowest BCUT2D eigenvalue weighted by atomic mass is 9.98. The summed E-state index contributed by atoms with van der Waals surface area (Å²) in [4.78, 5) is 12.0. The molecule has 2 aromatic rings. The van der Waals surface area contributed by atoms with Gasteiger partial charge in [0.25, 0.3) is 0 Å². The van der Waals surface area contributed by atoms with Gasteiger partial charge in [0, 0.05) is 12.5 Å². The Morgan fingerprint density at radius 3 is 2.20 bits per heavy atom. The van der Waals surface area contributed by atoms with Crippen LogP contribution in [0.3, 0.4) is 0 Å². The van der Waals surface area contributed by atoms with Crippen LogP contribution in [-0.4, -0.2) is 30.5 Å². The number of nitrogens with one attached hydrogen (secondary N) is 1. The van der Waals surface area contributed by atoms with E-state index >= 15 is 0 Å². The molecular weight excluding hydrogens is 314 g/mol. The van der Waals surface area contributed by atoms with Gasteiger partial charge in [-0.15, -0.1) is 0 Å². The molecule has 132 valence electrons. The molecule has 0 aliphatic heterocycles. The van der Waals surface area contributed by atoms with Crippen molar-refractivity contribution >= 4 is 6.09 Å². The third-order valence-electron chi connectivity index (χ3n) is 4.57. The number of fused-ring (bicyclic) bond motifs is 3. The van der Waals surface area contributed by atoms with Gasteiger partial charge in [-0.1, -0.05) is 62.4 Å². The molecule has 1 aliphatic rings. The molecule has 1 amide bonds. The molecule has 0 bridgehead atoms. The number of ether oxygens (including phenoxy) is 1. The summed E-state index contributed by atoms with van der Waals surface area (Å²) in [5.74, 6) is 0.443. The molecule has 2 aromatic carbocycles. The first-order chi connectivity index (χ1) is 12.1. The quantitative estimate of drug-likeness (QED) is 0.838. The largest absolute Gasteiger partial charge is 0.449 e. The molecule has 1 atom stereocenters. The number of aliphatic hydroxyl groups excluding tert-OH is 1. The first kappa shape index (κ1) is 17.5. The molecule has 0 saturated carbocycles. The monoisotopic (exact) mass is 339 g/mol. The van der Waals surface area contributed by atoms with E-state index in [0.717, 1.165) is 0 Å². The van der Waals surface area contributed by atoms with Gasteiger partial charge in [0.05, 0.1) is 6.10 Å². The van der Waals surface area contributed by atoms with Crippen LogP contribution in [0.5, 0.6) is 0 Å². The Morgan fingerprint density at radius 1 is 1.08 bits per heavy atom. The normalized spacial score (nSPS) is 14.1. The van der Waals surface area contributed by atoms with Gasteiger partial charge >= 0.3 is 6.09 Å². The summed E-state index contributed by atoms with van der Waals surface area (Å²) in [7, 11) is 0. The molecule has 0 heterocycles. The average molecular weight is 339 g/mol. The first-order valence-corrected chi connectivity index (χ1v) is 8.83. The minimum absolute atomic E-state index is 0.0544. The van der Waals surface area contributed by atoms with Gasteiger partial charge in [0.1, 0.15) is 6.61 Å². The van der Waals surface area contributed by atoms with Crippen molar-refractivity contribution in [3.63, 3.8) is 0 Å². The smallest absolute Gasteiger partial charge is 0.407 e. The standard InChI is InChI=1S/C21H25NO3/c1-14(2)11-15(23)12-22-21(24)25-13-20-18-9-5-3-7-16(18)17-8-4-6-10-19(17)20/h3-10,14-15,20,23H,11-13H2,1-2H3,(H,22,24). The Morgan fingerprint density at radius 2 is 1.64 bits per heavy atom. The Labute approximate surface area is 148 Å². The highest BCUT2D eigenvalue weighted by atomic mass is 16.5. The predicted molar refractivity (Wildman–Crippen MR) is 98.5 cm³/mol. The van der Waals surface area contributed by atoms with Gasteiger partial charge in [-0.25, -0.2) is 4.79 Å². The van der Waals surface area contributed by atoms with Gasteiger partial charge in [-0.2, -0.15) is 0 Å². The van der Waals surface area contributed by atoms with E-state index in [1.165, 1.54) is 22.3 Å². The van der Waals surface area contributed by atoms with Crippen LogP contribution in [0.2, 0.25) is 0 Å². The van der Waals surface area contributed by atoms with Crippen LogP contribution in [0.15, 0.2) is 48.5 Å². The van der Waals surface area contributed by atoms with Crippen molar-refractivity contribution in [3.8, 4) is 11.1 Å². The van der Waals surface area contributed by atoms with Crippen molar-refractivity contribution in [2.75, 3.05) is 13.2 Å². The number of hydrogen-bond donors (Lipinski definition) is 2. The van der Waals surface area contributed by atoms with Crippen molar-refractivity contribution in [1.82, 2.24) is 5.32 Å². The Bertz CT molecular complexity index is 696. The van der Waals surface area contributed by atoms with E-state index in [-0.39, 0.29) is 12.5 Å². The Kier molecular flexibility index (Phi) is 5.39. The van der Waals surface area contributed by atoms with Crippen LogP contribution in [0, 0.1) is 5.92 Å². The number of benzene rings is 2. The molecule has 2 N–H and O–H groups in total. The Hall–Kier alpha value is -2.33. The van der Waals surface area contributed by atoms with E-state index in [4.69, 9.17) is 4.74 Å². The fraction of sp³-hybridized carbons (Fsp3) is 0.381. The summed E-state index contributed by atoms with van der Waals surface area (Å²) < 4.78 is 5.43. The lowest BCUT2D eigenvalue weighted by Gasteiger charge is -2.16. The van der Waals surface area contributed by atoms with Crippen molar-refractivity contribution in [2.45, 2.75) is 32.3 Å². The fourth-order valence-electron chi connectivity index (χ4n) is 3.48. The number of carbonyl (C=O) groups excluding carboxylic acids is 1. The summed E-state index contributed by atoms with van der Waals surface area (Å²) in [6.45, 7) is 4.59. The number of amides is 1. The van der Waals surface area contributed by atoms with E-state index in [1.54, 1.807) is 0 Å². The third kappa shape index (κ3) is 4.02. The second kappa shape index (κ2) is 7.70. The van der Waals surface area contributed by atoms with Gasteiger partial charge in [0.2, 0.25) is 0 Å². The van der Waals surface area contributed by atoms with Crippen LogP contribution in [0.4, 0.5) is 4.79 Å². The summed E-state index contributed by atoms with van der Waals surface area (Å²) in [5, 5.41) is 12.5. The fourth-order valence-corrected chi connectivity index (χ4v) is 3.48. The van der Waals surface area contributed by atoms with E-state index in [0.29, 0.717) is 18.9 Å². The number of hydrogen-bond acceptors (Lipinski definition) is 3. The van der Waals surface area contributed by atoms with Crippen molar-refractivity contribution in [2.24, 2.45) is 5.92 Å². The highest BCUT2D eigenvalue weighted by Crippen LogP contribution is 2.44. The maximum absolute atomic E-state index is 12.0. The molecule has 0 fully saturated rings. The summed E-state index contributed by atoms with van der Waals surface area (Å²) >= 11 is 0. The molecule has 3 rings (SSSR count). The lowest BCUT2D eigenvalue weighted by molar-refractivity contribution is 0.120. The highest BCUT2D eigenvalue weighted by molar-refractivity contribution is 5.79. The summed E-state index contributed by atoms with van der Waals surface area (Å²) in [6, 6.07) is 16.5. The molecule has 1 unspecified atom stereocenters. The van der Waals surface area contributed by atoms with Crippen LogP contribution in [-0.2, 0) is 4.74 Å². The summed E-state index contributed by atoms with van der Waals surface area (Å²) in [5.41, 5.74) is 4.80. The molecule has 0 radical (unpaired) electrons. The van der Waals surface area contributed by atoms with Crippen LogP contribution in [0.25, 0.3) is 11.1 Å². The second-order valence-electron chi connectivity index (χ2n) is 6.99. The SMILES string of the molecule is CC(C)CC(O)CNC(=O)OCC1c2ccccc2-c2ccccc21. The maximum Gasteiger partial charge on any atom is 0.407 e. The minimum atomic E-state index is -0.541. The van der Waals surface area contributed by atoms with E-state index in [9.17, 15) is 9.90 Å². The zero-order chi connectivity index (χ0) is 17.8. The van der Waals surface area contributed by atoms with Crippen molar-refractivity contribution in [3.05, 3.63) is 59.7 Å². The van der Waals surface area contributed by atoms with Gasteiger partial charge in [-0.3, -0.25) is 0 Å². The number of rotatable bonds is 6. The molecular formula is C21H25NO3. The summed E-state index contributed by atoms with van der Waals surface area (Å²) in [6.07, 6.45) is -0.367. The zero-order valence-electron chi connectivity index (χ0n) is 14.7. The van der Waals surface area contributed by atoms with Gasteiger partial charge in [-0.05, 0) is 34.6 Å². The van der Waals surface area contributed by atoms with Crippen LogP contribution < -0.4 is 5.32 Å². The van der Waals surface area contributed by atoms with Crippen LogP contribution >= 0.6 is 0 Å². The second-order valence-corrected chi connectivity index (χ2v) is 6.99. The van der Waals surface area contributed by atoms with E-state index < -0.39 is 12.2 Å².